The number of hydrogen-bond acceptors (Lipinski definition) is 2. The highest BCUT2D eigenvalue weighted by molar-refractivity contribution is 5.82. The quantitative estimate of drug-likeness (QED) is 0.920. The topological polar surface area (TPSA) is 57.6 Å². The lowest BCUT2D eigenvalue weighted by molar-refractivity contribution is -0.152. The molecule has 4 nitrogen and oxygen atoms in total. The number of carboxylic acid groups (broad SMARTS) is 1. The normalized spacial score (nSPS) is 26.6. The first-order chi connectivity index (χ1) is 9.59. The fourth-order valence-electron chi connectivity index (χ4n) is 3.24. The molecule has 2 unspecified atom stereocenters. The van der Waals surface area contributed by atoms with Crippen molar-refractivity contribution in [3.05, 3.63) is 35.4 Å². The summed E-state index contributed by atoms with van der Waals surface area (Å²) in [4.78, 5) is 25.7. The van der Waals surface area contributed by atoms with E-state index in [2.05, 4.69) is 0 Å². The number of amides is 1. The molecule has 1 aromatic rings. The highest BCUT2D eigenvalue weighted by Crippen LogP contribution is 2.44. The van der Waals surface area contributed by atoms with Crippen molar-refractivity contribution >= 4 is 11.9 Å². The van der Waals surface area contributed by atoms with E-state index in [4.69, 9.17) is 0 Å². The van der Waals surface area contributed by atoms with E-state index in [0.717, 1.165) is 24.0 Å². The van der Waals surface area contributed by atoms with Gasteiger partial charge in [-0.3, -0.25) is 9.59 Å². The van der Waals surface area contributed by atoms with Gasteiger partial charge in [0.2, 0.25) is 5.91 Å². The van der Waals surface area contributed by atoms with E-state index in [9.17, 15) is 14.7 Å². The molecule has 1 saturated carbocycles. The third-order valence-corrected chi connectivity index (χ3v) is 4.40. The lowest BCUT2D eigenvalue weighted by Gasteiger charge is -2.40. The largest absolute Gasteiger partial charge is 0.481 e. The Labute approximate surface area is 118 Å². The number of likely N-dealkylation sites (tertiary alicyclic amines) is 1. The molecule has 1 saturated heterocycles. The summed E-state index contributed by atoms with van der Waals surface area (Å²) >= 11 is 0. The van der Waals surface area contributed by atoms with Crippen molar-refractivity contribution in [3.63, 3.8) is 0 Å². The average molecular weight is 273 g/mol. The fourth-order valence-corrected chi connectivity index (χ4v) is 3.24. The van der Waals surface area contributed by atoms with Gasteiger partial charge in [-0.1, -0.05) is 24.3 Å². The van der Waals surface area contributed by atoms with Gasteiger partial charge in [-0.2, -0.15) is 0 Å². The van der Waals surface area contributed by atoms with Gasteiger partial charge in [0, 0.05) is 12.5 Å². The molecule has 0 radical (unpaired) electrons. The summed E-state index contributed by atoms with van der Waals surface area (Å²) in [5.74, 6) is -1.18. The zero-order valence-corrected chi connectivity index (χ0v) is 11.6. The number of carbonyl (C=O) groups excluding carboxylic acids is 1. The summed E-state index contributed by atoms with van der Waals surface area (Å²) in [6, 6.07) is 7.76. The monoisotopic (exact) mass is 273 g/mol. The van der Waals surface area contributed by atoms with Gasteiger partial charge in [0.15, 0.2) is 0 Å². The van der Waals surface area contributed by atoms with E-state index in [1.54, 1.807) is 0 Å². The van der Waals surface area contributed by atoms with Crippen LogP contribution in [0, 0.1) is 12.8 Å². The van der Waals surface area contributed by atoms with Crippen LogP contribution in [0.5, 0.6) is 0 Å². The van der Waals surface area contributed by atoms with Gasteiger partial charge in [-0.25, -0.2) is 0 Å². The Morgan fingerprint density at radius 2 is 1.95 bits per heavy atom. The minimum Gasteiger partial charge on any atom is -0.481 e. The van der Waals surface area contributed by atoms with Gasteiger partial charge in [0.1, 0.15) is 0 Å². The molecule has 1 heterocycles. The second kappa shape index (κ2) is 4.93. The zero-order valence-electron chi connectivity index (χ0n) is 11.6. The maximum Gasteiger partial charge on any atom is 0.308 e. The van der Waals surface area contributed by atoms with Crippen LogP contribution in [0.1, 0.15) is 42.9 Å². The Balaban J connectivity index is 2.05. The molecule has 4 heteroatoms. The summed E-state index contributed by atoms with van der Waals surface area (Å²) in [5, 5.41) is 9.53. The molecule has 1 aliphatic carbocycles. The number of benzene rings is 1. The smallest absolute Gasteiger partial charge is 0.308 e. The highest BCUT2D eigenvalue weighted by atomic mass is 16.4. The summed E-state index contributed by atoms with van der Waals surface area (Å²) in [7, 11) is 0. The number of hydrogen-bond donors (Lipinski definition) is 1. The van der Waals surface area contributed by atoms with Gasteiger partial charge in [0.05, 0.1) is 12.0 Å². The van der Waals surface area contributed by atoms with Crippen LogP contribution < -0.4 is 0 Å². The number of rotatable bonds is 3. The second-order valence-electron chi connectivity index (χ2n) is 5.82. The Morgan fingerprint density at radius 3 is 2.55 bits per heavy atom. The van der Waals surface area contributed by atoms with E-state index >= 15 is 0 Å². The molecule has 1 aliphatic heterocycles. The van der Waals surface area contributed by atoms with Crippen LogP contribution in [-0.4, -0.2) is 27.9 Å². The Bertz CT molecular complexity index is 550. The first-order valence-corrected chi connectivity index (χ1v) is 7.19. The number of carbonyl (C=O) groups is 2. The molecule has 106 valence electrons. The molecular formula is C16H19NO3. The van der Waals surface area contributed by atoms with E-state index in [0.29, 0.717) is 12.8 Å². The van der Waals surface area contributed by atoms with Crippen LogP contribution in [0.15, 0.2) is 24.3 Å². The standard InChI is InChI=1S/C16H19NO3/c1-10-4-2-3-5-12(10)15-13(16(19)20)8-9-14(18)17(15)11-6-7-11/h2-5,11,13,15H,6-9H2,1H3,(H,19,20). The highest BCUT2D eigenvalue weighted by Gasteiger charge is 2.46. The van der Waals surface area contributed by atoms with Crippen molar-refractivity contribution in [2.75, 3.05) is 0 Å². The molecule has 3 rings (SSSR count). The number of nitrogens with zero attached hydrogens (tertiary/aromatic N) is 1. The second-order valence-corrected chi connectivity index (χ2v) is 5.82. The van der Waals surface area contributed by atoms with Crippen molar-refractivity contribution in [2.24, 2.45) is 5.92 Å². The van der Waals surface area contributed by atoms with Gasteiger partial charge in [0.25, 0.3) is 0 Å². The molecule has 1 N–H and O–H groups in total. The first kappa shape index (κ1) is 13.2. The van der Waals surface area contributed by atoms with Crippen molar-refractivity contribution in [2.45, 2.75) is 44.7 Å². The predicted octanol–water partition coefficient (Wildman–Crippen LogP) is 2.52. The lowest BCUT2D eigenvalue weighted by Crippen LogP contribution is -2.46. The molecule has 0 spiro atoms. The van der Waals surface area contributed by atoms with Crippen LogP contribution in [-0.2, 0) is 9.59 Å². The van der Waals surface area contributed by atoms with E-state index in [1.807, 2.05) is 36.1 Å². The van der Waals surface area contributed by atoms with Crippen LogP contribution >= 0.6 is 0 Å². The minimum atomic E-state index is -0.795. The van der Waals surface area contributed by atoms with Crippen LogP contribution in [0.3, 0.4) is 0 Å². The maximum absolute atomic E-state index is 12.3. The average Bonchev–Trinajstić information content (AvgIpc) is 3.23. The molecule has 2 fully saturated rings. The Hall–Kier alpha value is -1.84. The summed E-state index contributed by atoms with van der Waals surface area (Å²) in [6.07, 6.45) is 2.80. The predicted molar refractivity (Wildman–Crippen MR) is 74.1 cm³/mol. The molecule has 1 amide bonds. The molecule has 2 aliphatic rings. The first-order valence-electron chi connectivity index (χ1n) is 7.19. The van der Waals surface area contributed by atoms with Crippen molar-refractivity contribution in [1.82, 2.24) is 4.90 Å². The Morgan fingerprint density at radius 1 is 1.25 bits per heavy atom. The van der Waals surface area contributed by atoms with Crippen molar-refractivity contribution in [1.29, 1.82) is 0 Å². The number of aliphatic carboxylic acids is 1. The Kier molecular flexibility index (Phi) is 3.24. The number of carboxylic acids is 1. The van der Waals surface area contributed by atoms with E-state index in [1.165, 1.54) is 0 Å². The van der Waals surface area contributed by atoms with E-state index in [-0.39, 0.29) is 18.0 Å². The fraction of sp³-hybridized carbons (Fsp3) is 0.500. The number of piperidine rings is 1. The molecule has 0 bridgehead atoms. The van der Waals surface area contributed by atoms with Crippen molar-refractivity contribution < 1.29 is 14.7 Å². The molecule has 1 aromatic carbocycles. The van der Waals surface area contributed by atoms with Crippen LogP contribution in [0.4, 0.5) is 0 Å². The molecular weight excluding hydrogens is 254 g/mol. The van der Waals surface area contributed by atoms with Crippen LogP contribution in [0.25, 0.3) is 0 Å². The number of aryl methyl sites for hydroxylation is 1. The maximum atomic E-state index is 12.3. The van der Waals surface area contributed by atoms with Gasteiger partial charge >= 0.3 is 5.97 Å². The SMILES string of the molecule is Cc1ccccc1C1C(C(=O)O)CCC(=O)N1C1CC1. The van der Waals surface area contributed by atoms with Crippen molar-refractivity contribution in [3.8, 4) is 0 Å². The summed E-state index contributed by atoms with van der Waals surface area (Å²) in [5.41, 5.74) is 2.05. The molecule has 0 aromatic heterocycles. The van der Waals surface area contributed by atoms with E-state index < -0.39 is 11.9 Å². The third-order valence-electron chi connectivity index (χ3n) is 4.40. The summed E-state index contributed by atoms with van der Waals surface area (Å²) in [6.45, 7) is 1.98. The zero-order chi connectivity index (χ0) is 14.3. The van der Waals surface area contributed by atoms with Gasteiger partial charge < -0.3 is 10.0 Å². The lowest BCUT2D eigenvalue weighted by atomic mass is 9.82. The molecule has 2 atom stereocenters. The summed E-state index contributed by atoms with van der Waals surface area (Å²) < 4.78 is 0. The van der Waals surface area contributed by atoms with Crippen LogP contribution in [0.2, 0.25) is 0 Å². The minimum absolute atomic E-state index is 0.109. The van der Waals surface area contributed by atoms with Gasteiger partial charge in [-0.05, 0) is 37.3 Å². The third kappa shape index (κ3) is 2.19. The van der Waals surface area contributed by atoms with Gasteiger partial charge in [-0.15, -0.1) is 0 Å². The molecule has 20 heavy (non-hydrogen) atoms.